The van der Waals surface area contributed by atoms with Crippen molar-refractivity contribution in [3.63, 3.8) is 0 Å². The van der Waals surface area contributed by atoms with Crippen molar-refractivity contribution in [3.05, 3.63) is 125 Å². The Morgan fingerprint density at radius 1 is 0.816 bits per heavy atom. The highest BCUT2D eigenvalue weighted by atomic mass is 32.2. The van der Waals surface area contributed by atoms with Crippen LogP contribution >= 0.6 is 11.8 Å². The molecule has 0 heterocycles. The maximum absolute atomic E-state index is 13.8. The monoisotopic (exact) mass is 558 g/mol. The molecule has 0 saturated heterocycles. The molecular formula is C31H30N2O2S3. The first kappa shape index (κ1) is 28.0. The van der Waals surface area contributed by atoms with Crippen LogP contribution in [0.3, 0.4) is 0 Å². The van der Waals surface area contributed by atoms with E-state index < -0.39 is 27.3 Å². The van der Waals surface area contributed by atoms with E-state index in [1.54, 1.807) is 23.9 Å². The van der Waals surface area contributed by atoms with Crippen molar-refractivity contribution in [2.75, 3.05) is 6.26 Å². The molecule has 0 saturated carbocycles. The Morgan fingerprint density at radius 2 is 1.37 bits per heavy atom. The number of rotatable bonds is 9. The highest BCUT2D eigenvalue weighted by molar-refractivity contribution is 7.99. The lowest BCUT2D eigenvalue weighted by Crippen LogP contribution is -2.45. The minimum atomic E-state index is -1.52. The Hall–Kier alpha value is -3.02. The molecule has 0 aliphatic rings. The maximum atomic E-state index is 13.8. The van der Waals surface area contributed by atoms with Crippen molar-refractivity contribution in [2.45, 2.75) is 46.2 Å². The summed E-state index contributed by atoms with van der Waals surface area (Å²) in [4.78, 5) is 2.13. The van der Waals surface area contributed by atoms with Gasteiger partial charge in [0.1, 0.15) is 11.0 Å². The van der Waals surface area contributed by atoms with E-state index in [9.17, 15) is 13.7 Å². The molecule has 4 atom stereocenters. The number of thioether (sulfide) groups is 1. The molecule has 194 valence electrons. The standard InChI is InChI=1S/C31H30N2O2S3/c1-22-9-17-26(18-10-22)37(34)29-8-6-5-7-28(29)30(36-4)31(3,25-15-13-24(21-32)14-16-25)33-38(35)27-19-11-23(2)12-20-27/h5-20,30,33H,1-4H3/t30-,31+,37?,38?/m1/s1. The van der Waals surface area contributed by atoms with Gasteiger partial charge in [0.15, 0.2) is 0 Å². The van der Waals surface area contributed by atoms with Crippen molar-refractivity contribution in [1.82, 2.24) is 4.72 Å². The molecule has 0 amide bonds. The average Bonchev–Trinajstić information content (AvgIpc) is 2.94. The fourth-order valence-corrected chi connectivity index (χ4v) is 8.03. The van der Waals surface area contributed by atoms with E-state index in [2.05, 4.69) is 10.8 Å². The smallest absolute Gasteiger partial charge is 0.125 e. The summed E-state index contributed by atoms with van der Waals surface area (Å²) in [5.41, 5.74) is 3.70. The molecule has 4 aromatic rings. The molecule has 38 heavy (non-hydrogen) atoms. The Bertz CT molecular complexity index is 1490. The molecule has 0 bridgehead atoms. The summed E-state index contributed by atoms with van der Waals surface area (Å²) in [6.45, 7) is 6.02. The molecule has 4 rings (SSSR count). The van der Waals surface area contributed by atoms with E-state index in [0.717, 1.165) is 32.0 Å². The predicted molar refractivity (Wildman–Crippen MR) is 158 cm³/mol. The summed E-state index contributed by atoms with van der Waals surface area (Å²) in [5, 5.41) is 9.10. The van der Waals surface area contributed by atoms with Crippen LogP contribution in [0.4, 0.5) is 0 Å². The van der Waals surface area contributed by atoms with Crippen LogP contribution < -0.4 is 4.72 Å². The summed E-state index contributed by atoms with van der Waals surface area (Å²) >= 11 is 1.61. The summed E-state index contributed by atoms with van der Waals surface area (Å²) in [5.74, 6) is 0. The van der Waals surface area contributed by atoms with E-state index in [-0.39, 0.29) is 5.25 Å². The first-order chi connectivity index (χ1) is 18.3. The number of nitrogens with one attached hydrogen (secondary N) is 1. The highest BCUT2D eigenvalue weighted by Gasteiger charge is 2.40. The topological polar surface area (TPSA) is 70.0 Å². The second-order valence-corrected chi connectivity index (χ2v) is 12.9. The van der Waals surface area contributed by atoms with Gasteiger partial charge in [0.2, 0.25) is 0 Å². The van der Waals surface area contributed by atoms with Crippen molar-refractivity contribution >= 4 is 33.5 Å². The van der Waals surface area contributed by atoms with Gasteiger partial charge in [-0.05, 0) is 80.6 Å². The minimum absolute atomic E-state index is 0.254. The maximum Gasteiger partial charge on any atom is 0.125 e. The van der Waals surface area contributed by atoms with Gasteiger partial charge in [-0.25, -0.2) is 13.1 Å². The highest BCUT2D eigenvalue weighted by Crippen LogP contribution is 2.46. The lowest BCUT2D eigenvalue weighted by atomic mass is 9.85. The molecule has 2 unspecified atom stereocenters. The zero-order chi connectivity index (χ0) is 27.3. The summed E-state index contributed by atoms with van der Waals surface area (Å²) in [6.07, 6.45) is 2.01. The summed E-state index contributed by atoms with van der Waals surface area (Å²) in [6, 6.07) is 32.7. The molecular weight excluding hydrogens is 529 g/mol. The molecule has 4 aromatic carbocycles. The van der Waals surface area contributed by atoms with Crippen molar-refractivity contribution in [1.29, 1.82) is 5.26 Å². The molecule has 1 N–H and O–H groups in total. The zero-order valence-corrected chi connectivity index (χ0v) is 24.3. The Morgan fingerprint density at radius 3 is 1.92 bits per heavy atom. The average molecular weight is 559 g/mol. The van der Waals surface area contributed by atoms with Crippen LogP contribution in [0.2, 0.25) is 0 Å². The number of hydrogen-bond donors (Lipinski definition) is 1. The first-order valence-electron chi connectivity index (χ1n) is 12.1. The van der Waals surface area contributed by atoms with Crippen LogP contribution in [-0.4, -0.2) is 14.7 Å². The lowest BCUT2D eigenvalue weighted by molar-refractivity contribution is 0.431. The van der Waals surface area contributed by atoms with Crippen LogP contribution in [0.1, 0.15) is 40.0 Å². The van der Waals surface area contributed by atoms with E-state index in [0.29, 0.717) is 10.5 Å². The first-order valence-corrected chi connectivity index (χ1v) is 15.7. The van der Waals surface area contributed by atoms with Crippen LogP contribution in [-0.2, 0) is 27.3 Å². The van der Waals surface area contributed by atoms with E-state index >= 15 is 0 Å². The SMILES string of the molecule is CS[C@H](c1ccccc1S(=O)c1ccc(C)cc1)[C@@](C)(NS(=O)c1ccc(C)cc1)c1ccc(C#N)cc1. The number of benzene rings is 4. The van der Waals surface area contributed by atoms with Crippen LogP contribution in [0.25, 0.3) is 0 Å². The second-order valence-electron chi connectivity index (χ2n) is 9.31. The van der Waals surface area contributed by atoms with Gasteiger partial charge in [0.25, 0.3) is 0 Å². The Labute approximate surface area is 234 Å². The second kappa shape index (κ2) is 12.2. The van der Waals surface area contributed by atoms with E-state index in [4.69, 9.17) is 0 Å². The summed E-state index contributed by atoms with van der Waals surface area (Å²) in [7, 11) is -2.92. The largest absolute Gasteiger partial charge is 0.249 e. The minimum Gasteiger partial charge on any atom is -0.249 e. The van der Waals surface area contributed by atoms with Crippen molar-refractivity contribution in [3.8, 4) is 6.07 Å². The van der Waals surface area contributed by atoms with Crippen LogP contribution in [0, 0.1) is 25.2 Å². The number of hydrogen-bond acceptors (Lipinski definition) is 4. The molecule has 0 fully saturated rings. The molecule has 0 spiro atoms. The molecule has 4 nitrogen and oxygen atoms in total. The molecule has 0 aliphatic carbocycles. The third kappa shape index (κ3) is 6.00. The van der Waals surface area contributed by atoms with Gasteiger partial charge in [-0.15, -0.1) is 0 Å². The van der Waals surface area contributed by atoms with E-state index in [1.165, 1.54) is 0 Å². The fourth-order valence-electron chi connectivity index (χ4n) is 4.40. The van der Waals surface area contributed by atoms with Gasteiger partial charge in [-0.2, -0.15) is 17.0 Å². The lowest BCUT2D eigenvalue weighted by Gasteiger charge is -2.39. The third-order valence-corrected chi connectivity index (χ3v) is 10.5. The third-order valence-electron chi connectivity index (χ3n) is 6.55. The van der Waals surface area contributed by atoms with Crippen molar-refractivity contribution < 1.29 is 8.42 Å². The Balaban J connectivity index is 1.83. The summed E-state index contributed by atoms with van der Waals surface area (Å²) < 4.78 is 30.9. The molecule has 0 aromatic heterocycles. The Kier molecular flexibility index (Phi) is 9.01. The molecule has 7 heteroatoms. The number of aryl methyl sites for hydroxylation is 2. The van der Waals surface area contributed by atoms with Crippen LogP contribution in [0.15, 0.2) is 112 Å². The van der Waals surface area contributed by atoms with Gasteiger partial charge < -0.3 is 0 Å². The van der Waals surface area contributed by atoms with Crippen molar-refractivity contribution in [2.24, 2.45) is 0 Å². The normalized spacial score (nSPS) is 15.1. The number of nitrogens with zero attached hydrogens (tertiary/aromatic N) is 1. The zero-order valence-electron chi connectivity index (χ0n) is 21.8. The van der Waals surface area contributed by atoms with Gasteiger partial charge in [0, 0.05) is 9.79 Å². The van der Waals surface area contributed by atoms with Gasteiger partial charge in [0.05, 0.1) is 38.1 Å². The quantitative estimate of drug-likeness (QED) is 0.241. The fraction of sp³-hybridized carbons (Fsp3) is 0.194. The van der Waals surface area contributed by atoms with Gasteiger partial charge in [-0.3, -0.25) is 0 Å². The van der Waals surface area contributed by atoms with Gasteiger partial charge >= 0.3 is 0 Å². The van der Waals surface area contributed by atoms with E-state index in [1.807, 2.05) is 112 Å². The number of nitriles is 1. The van der Waals surface area contributed by atoms with Gasteiger partial charge in [-0.1, -0.05) is 65.7 Å². The predicted octanol–water partition coefficient (Wildman–Crippen LogP) is 6.97. The molecule has 0 radical (unpaired) electrons. The molecule has 0 aliphatic heterocycles. The van der Waals surface area contributed by atoms with Crippen LogP contribution in [0.5, 0.6) is 0 Å².